The van der Waals surface area contributed by atoms with Crippen molar-refractivity contribution in [1.29, 1.82) is 0 Å². The number of nitrogens with zero attached hydrogens (tertiary/aromatic N) is 3. The zero-order chi connectivity index (χ0) is 15.8. The van der Waals surface area contributed by atoms with Crippen LogP contribution in [-0.2, 0) is 18.6 Å². The van der Waals surface area contributed by atoms with Crippen LogP contribution < -0.4 is 0 Å². The fourth-order valence-corrected chi connectivity index (χ4v) is 4.56. The summed E-state index contributed by atoms with van der Waals surface area (Å²) in [5.74, 6) is 2.84. The van der Waals surface area contributed by atoms with E-state index in [1.165, 1.54) is 35.0 Å². The molecule has 0 bridgehead atoms. The number of hydrogen-bond donors (Lipinski definition) is 0. The molecule has 7 heteroatoms. The molecule has 0 fully saturated rings. The summed E-state index contributed by atoms with van der Waals surface area (Å²) in [5.41, 5.74) is 2.33. The molecule has 5 nitrogen and oxygen atoms in total. The van der Waals surface area contributed by atoms with Crippen LogP contribution in [0.2, 0.25) is 0 Å². The van der Waals surface area contributed by atoms with Gasteiger partial charge in [0.15, 0.2) is 0 Å². The van der Waals surface area contributed by atoms with E-state index >= 15 is 0 Å². The molecule has 0 saturated heterocycles. The maximum Gasteiger partial charge on any atom is 0.277 e. The van der Waals surface area contributed by atoms with Crippen molar-refractivity contribution in [3.63, 3.8) is 0 Å². The predicted octanol–water partition coefficient (Wildman–Crippen LogP) is 4.51. The summed E-state index contributed by atoms with van der Waals surface area (Å²) in [4.78, 5) is 2.56. The molecule has 1 unspecified atom stereocenters. The van der Waals surface area contributed by atoms with E-state index in [1.54, 1.807) is 11.3 Å². The molecule has 0 radical (unpaired) electrons. The second-order valence-corrected chi connectivity index (χ2v) is 8.07. The molecule has 1 atom stereocenters. The monoisotopic (exact) mass is 347 g/mol. The number of rotatable bonds is 4. The van der Waals surface area contributed by atoms with Crippen molar-refractivity contribution in [2.75, 3.05) is 0 Å². The van der Waals surface area contributed by atoms with Crippen molar-refractivity contribution in [2.45, 2.75) is 44.1 Å². The van der Waals surface area contributed by atoms with Gasteiger partial charge in [0.1, 0.15) is 5.76 Å². The Bertz CT molecular complexity index is 821. The molecule has 3 aromatic rings. The van der Waals surface area contributed by atoms with E-state index in [1.807, 2.05) is 13.0 Å². The summed E-state index contributed by atoms with van der Waals surface area (Å²) in [5, 5.41) is 12.8. The van der Waals surface area contributed by atoms with Crippen LogP contribution in [0.3, 0.4) is 0 Å². The summed E-state index contributed by atoms with van der Waals surface area (Å²) in [6.07, 6.45) is 3.60. The molecule has 0 aliphatic heterocycles. The van der Waals surface area contributed by atoms with Gasteiger partial charge in [-0.05, 0) is 43.7 Å². The van der Waals surface area contributed by atoms with Gasteiger partial charge in [-0.2, -0.15) is 0 Å². The van der Waals surface area contributed by atoms with Gasteiger partial charge in [-0.25, -0.2) is 0 Å². The summed E-state index contributed by atoms with van der Waals surface area (Å²) in [6.45, 7) is 4.22. The molecule has 1 aliphatic carbocycles. The highest BCUT2D eigenvalue weighted by molar-refractivity contribution is 7.98. The van der Waals surface area contributed by atoms with E-state index in [0.29, 0.717) is 16.9 Å². The number of aryl methyl sites for hydroxylation is 2. The number of thiophene rings is 1. The van der Waals surface area contributed by atoms with Crippen molar-refractivity contribution in [3.8, 4) is 10.8 Å². The highest BCUT2D eigenvalue weighted by Crippen LogP contribution is 2.37. The van der Waals surface area contributed by atoms with E-state index in [-0.39, 0.29) is 0 Å². The van der Waals surface area contributed by atoms with Crippen LogP contribution in [0.25, 0.3) is 10.8 Å². The first-order valence-corrected chi connectivity index (χ1v) is 9.48. The molecule has 4 rings (SSSR count). The van der Waals surface area contributed by atoms with Gasteiger partial charge in [0.2, 0.25) is 0 Å². The highest BCUT2D eigenvalue weighted by Gasteiger charge is 2.21. The Hall–Kier alpha value is -1.60. The van der Waals surface area contributed by atoms with E-state index in [0.717, 1.165) is 28.7 Å². The van der Waals surface area contributed by atoms with Crippen molar-refractivity contribution in [3.05, 3.63) is 34.0 Å². The average molecular weight is 347 g/mol. The first-order chi connectivity index (χ1) is 11.2. The largest absolute Gasteiger partial charge is 0.410 e. The van der Waals surface area contributed by atoms with Crippen LogP contribution in [-0.4, -0.2) is 15.4 Å². The SMILES string of the molecule is Cc1cc(CSc2nnc(-c3cc4c(s3)CCC(C)C4)o2)on1. The fraction of sp³-hybridized carbons (Fsp3) is 0.438. The minimum atomic E-state index is 0.564. The van der Waals surface area contributed by atoms with Crippen molar-refractivity contribution < 1.29 is 8.94 Å². The minimum absolute atomic E-state index is 0.564. The summed E-state index contributed by atoms with van der Waals surface area (Å²) in [6, 6.07) is 4.14. The molecule has 3 heterocycles. The Morgan fingerprint density at radius 3 is 3.09 bits per heavy atom. The molecule has 0 saturated carbocycles. The summed E-state index contributed by atoms with van der Waals surface area (Å²) < 4.78 is 11.0. The first-order valence-electron chi connectivity index (χ1n) is 7.68. The summed E-state index contributed by atoms with van der Waals surface area (Å²) >= 11 is 3.26. The Morgan fingerprint density at radius 1 is 1.35 bits per heavy atom. The molecule has 3 aromatic heterocycles. The van der Waals surface area contributed by atoms with Gasteiger partial charge in [-0.3, -0.25) is 0 Å². The third-order valence-electron chi connectivity index (χ3n) is 3.96. The van der Waals surface area contributed by atoms with Gasteiger partial charge in [-0.15, -0.1) is 21.5 Å². The maximum absolute atomic E-state index is 5.79. The number of fused-ring (bicyclic) bond motifs is 1. The average Bonchev–Trinajstić information content (AvgIpc) is 3.23. The second kappa shape index (κ2) is 6.13. The third-order valence-corrected chi connectivity index (χ3v) is 6.03. The zero-order valence-electron chi connectivity index (χ0n) is 13.0. The van der Waals surface area contributed by atoms with Gasteiger partial charge in [0, 0.05) is 10.9 Å². The lowest BCUT2D eigenvalue weighted by Crippen LogP contribution is -2.07. The van der Waals surface area contributed by atoms with Crippen LogP contribution in [0.1, 0.15) is 35.2 Å². The van der Waals surface area contributed by atoms with Gasteiger partial charge >= 0.3 is 0 Å². The molecular weight excluding hydrogens is 330 g/mol. The quantitative estimate of drug-likeness (QED) is 0.647. The number of thioether (sulfide) groups is 1. The van der Waals surface area contributed by atoms with Crippen molar-refractivity contribution >= 4 is 23.1 Å². The highest BCUT2D eigenvalue weighted by atomic mass is 32.2. The standard InChI is InChI=1S/C16H17N3O2S2/c1-9-3-4-13-11(5-9)7-14(23-13)15-17-18-16(20-15)22-8-12-6-10(2)19-21-12/h6-7,9H,3-5,8H2,1-2H3. The van der Waals surface area contributed by atoms with E-state index < -0.39 is 0 Å². The molecule has 1 aliphatic rings. The van der Waals surface area contributed by atoms with E-state index in [2.05, 4.69) is 28.3 Å². The zero-order valence-corrected chi connectivity index (χ0v) is 14.7. The molecule has 0 N–H and O–H groups in total. The van der Waals surface area contributed by atoms with Crippen molar-refractivity contribution in [1.82, 2.24) is 15.4 Å². The Balaban J connectivity index is 1.47. The maximum atomic E-state index is 5.79. The van der Waals surface area contributed by atoms with Crippen LogP contribution in [0, 0.1) is 12.8 Å². The topological polar surface area (TPSA) is 65.0 Å². The Kier molecular flexibility index (Phi) is 3.98. The Labute approximate surface area is 142 Å². The lowest BCUT2D eigenvalue weighted by molar-refractivity contribution is 0.390. The first kappa shape index (κ1) is 15.0. The minimum Gasteiger partial charge on any atom is -0.410 e. The number of aromatic nitrogens is 3. The summed E-state index contributed by atoms with van der Waals surface area (Å²) in [7, 11) is 0. The second-order valence-electron chi connectivity index (χ2n) is 6.00. The molecule has 0 amide bonds. The molecule has 0 aromatic carbocycles. The van der Waals surface area contributed by atoms with Gasteiger partial charge < -0.3 is 8.94 Å². The van der Waals surface area contributed by atoms with Gasteiger partial charge in [0.05, 0.1) is 16.3 Å². The van der Waals surface area contributed by atoms with Gasteiger partial charge in [0.25, 0.3) is 11.1 Å². The lowest BCUT2D eigenvalue weighted by Gasteiger charge is -2.16. The number of hydrogen-bond acceptors (Lipinski definition) is 7. The molecule has 23 heavy (non-hydrogen) atoms. The fourth-order valence-electron chi connectivity index (χ4n) is 2.80. The third kappa shape index (κ3) is 3.21. The van der Waals surface area contributed by atoms with Gasteiger partial charge in [-0.1, -0.05) is 23.8 Å². The van der Waals surface area contributed by atoms with E-state index in [4.69, 9.17) is 8.94 Å². The Morgan fingerprint density at radius 2 is 2.26 bits per heavy atom. The van der Waals surface area contributed by atoms with Crippen LogP contribution in [0.4, 0.5) is 0 Å². The van der Waals surface area contributed by atoms with Crippen LogP contribution in [0.15, 0.2) is 26.3 Å². The molecular formula is C16H17N3O2S2. The normalized spacial score (nSPS) is 17.4. The van der Waals surface area contributed by atoms with Crippen LogP contribution >= 0.6 is 23.1 Å². The molecule has 0 spiro atoms. The van der Waals surface area contributed by atoms with Crippen molar-refractivity contribution in [2.24, 2.45) is 5.92 Å². The van der Waals surface area contributed by atoms with Crippen LogP contribution in [0.5, 0.6) is 0 Å². The predicted molar refractivity (Wildman–Crippen MR) is 89.6 cm³/mol. The lowest BCUT2D eigenvalue weighted by atomic mass is 9.90. The molecule has 120 valence electrons. The van der Waals surface area contributed by atoms with E-state index in [9.17, 15) is 0 Å². The smallest absolute Gasteiger partial charge is 0.277 e.